The largest absolute Gasteiger partial charge is 0.449 e. The summed E-state index contributed by atoms with van der Waals surface area (Å²) in [5.74, 6) is -6.27. The lowest BCUT2D eigenvalue weighted by atomic mass is 10.1. The van der Waals surface area contributed by atoms with Gasteiger partial charge in [0.25, 0.3) is 0 Å². The second kappa shape index (κ2) is 12.4. The molecular formula is C25H28F5NO5. The van der Waals surface area contributed by atoms with E-state index in [0.29, 0.717) is 24.4 Å². The van der Waals surface area contributed by atoms with Gasteiger partial charge in [-0.15, -0.1) is 11.8 Å². The van der Waals surface area contributed by atoms with Crippen molar-refractivity contribution in [1.29, 1.82) is 0 Å². The number of hydrogen-bond donors (Lipinski definition) is 1. The van der Waals surface area contributed by atoms with Crippen LogP contribution in [-0.4, -0.2) is 37.4 Å². The summed E-state index contributed by atoms with van der Waals surface area (Å²) in [5, 5.41) is 2.66. The van der Waals surface area contributed by atoms with Gasteiger partial charge >= 0.3 is 12.1 Å². The van der Waals surface area contributed by atoms with E-state index in [4.69, 9.17) is 9.47 Å². The Hall–Kier alpha value is -2.87. The molecule has 1 N–H and O–H groups in total. The number of esters is 1. The van der Waals surface area contributed by atoms with Gasteiger partial charge in [-0.25, -0.2) is 18.0 Å². The first-order chi connectivity index (χ1) is 17.1. The lowest BCUT2D eigenvalue weighted by Crippen LogP contribution is -2.37. The van der Waals surface area contributed by atoms with Crippen LogP contribution in [-0.2, 0) is 14.3 Å². The summed E-state index contributed by atoms with van der Waals surface area (Å²) >= 11 is 0. The summed E-state index contributed by atoms with van der Waals surface area (Å²) in [6, 6.07) is -0.401. The van der Waals surface area contributed by atoms with Crippen molar-refractivity contribution >= 4 is 12.1 Å². The van der Waals surface area contributed by atoms with Gasteiger partial charge in [0, 0.05) is 19.3 Å². The van der Waals surface area contributed by atoms with Gasteiger partial charge in [0.1, 0.15) is 0 Å². The molecule has 1 saturated carbocycles. The lowest BCUT2D eigenvalue weighted by molar-refractivity contribution is -0.135. The topological polar surface area (TPSA) is 73.9 Å². The number of halogens is 5. The molecule has 2 aliphatic rings. The summed E-state index contributed by atoms with van der Waals surface area (Å²) < 4.78 is 82.0. The minimum atomic E-state index is -2.34. The quantitative estimate of drug-likeness (QED) is 0.118. The van der Waals surface area contributed by atoms with Crippen LogP contribution in [0.25, 0.3) is 0 Å². The first-order valence-corrected chi connectivity index (χ1v) is 11.8. The maximum atomic E-state index is 13.6. The van der Waals surface area contributed by atoms with Crippen molar-refractivity contribution in [2.75, 3.05) is 13.2 Å². The van der Waals surface area contributed by atoms with Gasteiger partial charge in [-0.1, -0.05) is 0 Å². The molecule has 0 bridgehead atoms. The molecule has 11 heteroatoms. The molecule has 3 rings (SSSR count). The molecule has 0 heterocycles. The van der Waals surface area contributed by atoms with E-state index in [9.17, 15) is 31.5 Å². The number of carbonyl (C=O) groups is 2. The van der Waals surface area contributed by atoms with Gasteiger partial charge in [0.05, 0.1) is 25.4 Å². The van der Waals surface area contributed by atoms with Gasteiger partial charge in [-0.05, 0) is 50.9 Å². The number of hydrogen-bond acceptors (Lipinski definition) is 5. The molecular weight excluding hydrogens is 489 g/mol. The van der Waals surface area contributed by atoms with Crippen molar-refractivity contribution in [1.82, 2.24) is 5.32 Å². The Morgan fingerprint density at radius 2 is 1.50 bits per heavy atom. The van der Waals surface area contributed by atoms with Gasteiger partial charge in [-0.2, -0.15) is 8.78 Å². The third-order valence-electron chi connectivity index (χ3n) is 6.38. The summed E-state index contributed by atoms with van der Waals surface area (Å²) in [6.07, 6.45) is 2.38. The molecule has 0 spiro atoms. The molecule has 4 unspecified atom stereocenters. The maximum absolute atomic E-state index is 13.6. The Morgan fingerprint density at radius 1 is 0.944 bits per heavy atom. The fourth-order valence-electron chi connectivity index (χ4n) is 4.29. The highest BCUT2D eigenvalue weighted by Crippen LogP contribution is 2.52. The normalized spacial score (nSPS) is 22.1. The number of ether oxygens (including phenoxy) is 3. The number of fused-ring (bicyclic) bond motifs is 1. The standard InChI is InChI=1S/C25H28F5NO5/c1-13(31-25(33)35-12-17-15-7-5-3-4-6-8-16(15)17)11-34-14(2)9-10-18(32)36-24-22(29)20(27)19(26)21(28)23(24)30/h13-17H,5-12H2,1-2H3,(H,31,33). The van der Waals surface area contributed by atoms with Gasteiger partial charge in [0.2, 0.25) is 34.8 Å². The third kappa shape index (κ3) is 7.09. The molecule has 198 valence electrons. The van der Waals surface area contributed by atoms with Crippen molar-refractivity contribution in [2.24, 2.45) is 17.8 Å². The Labute approximate surface area is 205 Å². The van der Waals surface area contributed by atoms with Crippen LogP contribution in [0.1, 0.15) is 52.4 Å². The Morgan fingerprint density at radius 3 is 2.08 bits per heavy atom. The maximum Gasteiger partial charge on any atom is 0.407 e. The van der Waals surface area contributed by atoms with Gasteiger partial charge < -0.3 is 19.5 Å². The molecule has 2 aliphatic carbocycles. The zero-order chi connectivity index (χ0) is 26.4. The molecule has 1 aromatic rings. The Bertz CT molecular complexity index is 993. The zero-order valence-corrected chi connectivity index (χ0v) is 20.0. The van der Waals surface area contributed by atoms with E-state index in [1.165, 1.54) is 0 Å². The van der Waals surface area contributed by atoms with Crippen molar-refractivity contribution in [3.63, 3.8) is 0 Å². The second-order valence-corrected chi connectivity index (χ2v) is 9.12. The summed E-state index contributed by atoms with van der Waals surface area (Å²) in [7, 11) is 0. The number of carbonyl (C=O) groups excluding carboxylic acids is 2. The SMILES string of the molecule is CC(COC(C)CCC(=O)Oc1c(F)c(F)c(F)c(F)c1F)NC(=O)OCC1C2CCC#CCCC21. The smallest absolute Gasteiger partial charge is 0.407 e. The van der Waals surface area contributed by atoms with Crippen LogP contribution < -0.4 is 10.1 Å². The molecule has 36 heavy (non-hydrogen) atoms. The molecule has 0 saturated heterocycles. The van der Waals surface area contributed by atoms with Crippen LogP contribution in [0.15, 0.2) is 0 Å². The van der Waals surface area contributed by atoms with E-state index >= 15 is 0 Å². The number of amides is 1. The first kappa shape index (κ1) is 27.7. The van der Waals surface area contributed by atoms with Gasteiger partial charge in [-0.3, -0.25) is 4.79 Å². The van der Waals surface area contributed by atoms with Crippen LogP contribution in [0.2, 0.25) is 0 Å². The zero-order valence-electron chi connectivity index (χ0n) is 20.0. The van der Waals surface area contributed by atoms with Crippen LogP contribution in [0.4, 0.5) is 26.7 Å². The molecule has 6 nitrogen and oxygen atoms in total. The second-order valence-electron chi connectivity index (χ2n) is 9.12. The fraction of sp³-hybridized carbons (Fsp3) is 0.600. The molecule has 4 atom stereocenters. The molecule has 0 aliphatic heterocycles. The Kier molecular flexibility index (Phi) is 9.54. The lowest BCUT2D eigenvalue weighted by Gasteiger charge is -2.18. The molecule has 1 aromatic carbocycles. The summed E-state index contributed by atoms with van der Waals surface area (Å²) in [5.41, 5.74) is 0. The van der Waals surface area contributed by atoms with E-state index in [-0.39, 0.29) is 13.0 Å². The van der Waals surface area contributed by atoms with Gasteiger partial charge in [0.15, 0.2) is 0 Å². The summed E-state index contributed by atoms with van der Waals surface area (Å²) in [6.45, 7) is 3.76. The van der Waals surface area contributed by atoms with Crippen LogP contribution in [0, 0.1) is 58.7 Å². The van der Waals surface area contributed by atoms with E-state index in [2.05, 4.69) is 21.9 Å². The van der Waals surface area contributed by atoms with Crippen molar-refractivity contribution in [3.8, 4) is 17.6 Å². The van der Waals surface area contributed by atoms with Crippen LogP contribution in [0.3, 0.4) is 0 Å². The predicted molar refractivity (Wildman–Crippen MR) is 117 cm³/mol. The highest BCUT2D eigenvalue weighted by Gasteiger charge is 2.49. The number of nitrogens with one attached hydrogen (secondary N) is 1. The van der Waals surface area contributed by atoms with E-state index in [1.807, 2.05) is 0 Å². The average molecular weight is 517 g/mol. The monoisotopic (exact) mass is 517 g/mol. The highest BCUT2D eigenvalue weighted by molar-refractivity contribution is 5.72. The van der Waals surface area contributed by atoms with E-state index < -0.39 is 65.5 Å². The van der Waals surface area contributed by atoms with E-state index in [1.54, 1.807) is 13.8 Å². The fourth-order valence-corrected chi connectivity index (χ4v) is 4.29. The molecule has 1 fully saturated rings. The average Bonchev–Trinajstić information content (AvgIpc) is 3.49. The summed E-state index contributed by atoms with van der Waals surface area (Å²) in [4.78, 5) is 23.9. The molecule has 0 radical (unpaired) electrons. The minimum Gasteiger partial charge on any atom is -0.449 e. The number of alkyl carbamates (subject to hydrolysis) is 1. The third-order valence-corrected chi connectivity index (χ3v) is 6.38. The van der Waals surface area contributed by atoms with Crippen molar-refractivity contribution in [3.05, 3.63) is 29.1 Å². The van der Waals surface area contributed by atoms with Crippen molar-refractivity contribution in [2.45, 2.75) is 64.5 Å². The number of benzene rings is 1. The first-order valence-electron chi connectivity index (χ1n) is 11.8. The molecule has 1 amide bonds. The highest BCUT2D eigenvalue weighted by atomic mass is 19.2. The Balaban J connectivity index is 1.32. The van der Waals surface area contributed by atoms with Crippen LogP contribution in [0.5, 0.6) is 5.75 Å². The predicted octanol–water partition coefficient (Wildman–Crippen LogP) is 5.03. The number of rotatable bonds is 10. The van der Waals surface area contributed by atoms with E-state index in [0.717, 1.165) is 25.7 Å². The molecule has 0 aromatic heterocycles. The minimum absolute atomic E-state index is 0.0412. The van der Waals surface area contributed by atoms with Crippen molar-refractivity contribution < 1.29 is 45.8 Å². The van der Waals surface area contributed by atoms with Crippen LogP contribution >= 0.6 is 0 Å².